The summed E-state index contributed by atoms with van der Waals surface area (Å²) in [5.74, 6) is 1.75. The van der Waals surface area contributed by atoms with Crippen molar-refractivity contribution in [2.24, 2.45) is 0 Å². The molecule has 0 bridgehead atoms. The molecule has 0 fully saturated rings. The van der Waals surface area contributed by atoms with Crippen molar-refractivity contribution in [3.05, 3.63) is 206 Å². The Balaban J connectivity index is 1.19. The molecule has 13 aromatic rings. The van der Waals surface area contributed by atoms with Gasteiger partial charge in [0.2, 0.25) is 0 Å². The number of hydrogen-bond acceptors (Lipinski definition) is 4. The van der Waals surface area contributed by atoms with Gasteiger partial charge < -0.3 is 8.98 Å². The highest BCUT2D eigenvalue weighted by molar-refractivity contribution is 6.22. The molecule has 10 aromatic carbocycles. The monoisotopic (exact) mass is 790 g/mol. The van der Waals surface area contributed by atoms with Gasteiger partial charge in [-0.1, -0.05) is 170 Å². The molecule has 5 nitrogen and oxygen atoms in total. The first kappa shape index (κ1) is 34.5. The summed E-state index contributed by atoms with van der Waals surface area (Å²) in [6.07, 6.45) is 0. The van der Waals surface area contributed by atoms with Crippen molar-refractivity contribution >= 4 is 76.1 Å². The van der Waals surface area contributed by atoms with Crippen LogP contribution in [0.3, 0.4) is 0 Å². The standard InChI is InChI=1S/C57H34N4O/c1-2-14-35(15-3-1)38-21-12-22-41(32-38)55-58-56(45-26-13-20-36-16-6-8-23-42(36)45)60-57(59-55)53-48(30-31-51-52(53)46-25-10-11-27-50(46)62-51)61-49-34-40-19-5-4-18-39(40)33-47(49)44-29-28-37-17-7-9-24-43(37)54(44)61/h1-34H. The highest BCUT2D eigenvalue weighted by atomic mass is 16.3. The molecule has 288 valence electrons. The summed E-state index contributed by atoms with van der Waals surface area (Å²) < 4.78 is 9.10. The van der Waals surface area contributed by atoms with Gasteiger partial charge in [0.25, 0.3) is 0 Å². The maximum absolute atomic E-state index is 6.66. The van der Waals surface area contributed by atoms with Gasteiger partial charge in [0.05, 0.1) is 22.3 Å². The lowest BCUT2D eigenvalue weighted by Crippen LogP contribution is -2.04. The quantitative estimate of drug-likeness (QED) is 0.174. The lowest BCUT2D eigenvalue weighted by atomic mass is 10.0. The van der Waals surface area contributed by atoms with E-state index in [9.17, 15) is 0 Å². The number of benzene rings is 10. The maximum Gasteiger partial charge on any atom is 0.166 e. The summed E-state index contributed by atoms with van der Waals surface area (Å²) in [6, 6.07) is 72.7. The molecule has 3 aromatic heterocycles. The zero-order valence-corrected chi connectivity index (χ0v) is 33.3. The fourth-order valence-corrected chi connectivity index (χ4v) is 9.56. The predicted octanol–water partition coefficient (Wildman–Crippen LogP) is 15.0. The van der Waals surface area contributed by atoms with Gasteiger partial charge in [0, 0.05) is 38.1 Å². The number of aromatic nitrogens is 4. The molecule has 0 spiro atoms. The smallest absolute Gasteiger partial charge is 0.166 e. The normalized spacial score (nSPS) is 11.9. The molecule has 0 atom stereocenters. The molecular formula is C57H34N4O. The van der Waals surface area contributed by atoms with Crippen LogP contribution in [0.4, 0.5) is 0 Å². The number of fused-ring (bicyclic) bond motifs is 10. The maximum atomic E-state index is 6.66. The van der Waals surface area contributed by atoms with Gasteiger partial charge in [-0.2, -0.15) is 0 Å². The van der Waals surface area contributed by atoms with Crippen LogP contribution in [0.25, 0.3) is 127 Å². The highest BCUT2D eigenvalue weighted by Crippen LogP contribution is 2.45. The van der Waals surface area contributed by atoms with Crippen molar-refractivity contribution in [2.75, 3.05) is 0 Å². The second-order valence-corrected chi connectivity index (χ2v) is 15.9. The molecule has 0 aliphatic carbocycles. The van der Waals surface area contributed by atoms with Crippen molar-refractivity contribution in [3.8, 4) is 51.0 Å². The molecule has 0 aliphatic heterocycles. The van der Waals surface area contributed by atoms with Gasteiger partial charge >= 0.3 is 0 Å². The lowest BCUT2D eigenvalue weighted by Gasteiger charge is -2.17. The van der Waals surface area contributed by atoms with E-state index in [-0.39, 0.29) is 0 Å². The lowest BCUT2D eigenvalue weighted by molar-refractivity contribution is 0.669. The molecular weight excluding hydrogens is 757 g/mol. The molecule has 0 unspecified atom stereocenters. The minimum atomic E-state index is 0.561. The van der Waals surface area contributed by atoms with Crippen LogP contribution in [0.15, 0.2) is 211 Å². The van der Waals surface area contributed by atoms with Gasteiger partial charge in [-0.15, -0.1) is 0 Å². The Labute approximate surface area is 355 Å². The van der Waals surface area contributed by atoms with Crippen molar-refractivity contribution in [1.82, 2.24) is 19.5 Å². The average Bonchev–Trinajstić information content (AvgIpc) is 3.88. The Morgan fingerprint density at radius 2 is 0.984 bits per heavy atom. The second kappa shape index (κ2) is 13.6. The first-order valence-electron chi connectivity index (χ1n) is 20.9. The summed E-state index contributed by atoms with van der Waals surface area (Å²) in [5, 5.41) is 11.2. The van der Waals surface area contributed by atoms with E-state index >= 15 is 0 Å². The first-order chi connectivity index (χ1) is 30.7. The Morgan fingerprint density at radius 3 is 1.84 bits per heavy atom. The largest absolute Gasteiger partial charge is 0.456 e. The van der Waals surface area contributed by atoms with Crippen molar-refractivity contribution in [2.45, 2.75) is 0 Å². The van der Waals surface area contributed by atoms with Crippen LogP contribution in [0.5, 0.6) is 0 Å². The topological polar surface area (TPSA) is 56.7 Å². The zero-order chi connectivity index (χ0) is 40.7. The van der Waals surface area contributed by atoms with E-state index in [2.05, 4.69) is 193 Å². The SMILES string of the molecule is c1ccc(-c2cccc(-c3nc(-c4cccc5ccccc45)nc(-c4c(-n5c6cc7ccccc7cc6c6ccc7ccccc7c65)ccc5oc6ccccc6c45)n3)c2)cc1. The first-order valence-corrected chi connectivity index (χ1v) is 20.9. The number of furan rings is 1. The minimum absolute atomic E-state index is 0.561. The summed E-state index contributed by atoms with van der Waals surface area (Å²) in [7, 11) is 0. The van der Waals surface area contributed by atoms with E-state index in [4.69, 9.17) is 19.4 Å². The third-order valence-electron chi connectivity index (χ3n) is 12.4. The van der Waals surface area contributed by atoms with Crippen LogP contribution in [-0.4, -0.2) is 19.5 Å². The van der Waals surface area contributed by atoms with Gasteiger partial charge in [0.15, 0.2) is 17.5 Å². The summed E-state index contributed by atoms with van der Waals surface area (Å²) >= 11 is 0. The van der Waals surface area contributed by atoms with Gasteiger partial charge in [-0.3, -0.25) is 0 Å². The van der Waals surface area contributed by atoms with E-state index in [0.717, 1.165) is 77.2 Å². The fraction of sp³-hybridized carbons (Fsp3) is 0. The molecule has 0 radical (unpaired) electrons. The molecule has 0 aliphatic rings. The fourth-order valence-electron chi connectivity index (χ4n) is 9.56. The van der Waals surface area contributed by atoms with Crippen molar-refractivity contribution in [1.29, 1.82) is 0 Å². The average molecular weight is 791 g/mol. The highest BCUT2D eigenvalue weighted by Gasteiger charge is 2.26. The summed E-state index contributed by atoms with van der Waals surface area (Å²) in [4.78, 5) is 16.4. The third kappa shape index (κ3) is 5.32. The van der Waals surface area contributed by atoms with Gasteiger partial charge in [0.1, 0.15) is 11.2 Å². The Kier molecular flexibility index (Phi) is 7.54. The molecule has 62 heavy (non-hydrogen) atoms. The Hall–Kier alpha value is -8.41. The molecule has 0 saturated heterocycles. The Morgan fingerprint density at radius 1 is 0.355 bits per heavy atom. The van der Waals surface area contributed by atoms with Crippen LogP contribution in [0.2, 0.25) is 0 Å². The van der Waals surface area contributed by atoms with Crippen LogP contribution in [0.1, 0.15) is 0 Å². The van der Waals surface area contributed by atoms with E-state index in [1.165, 1.54) is 32.3 Å². The second-order valence-electron chi connectivity index (χ2n) is 15.9. The summed E-state index contributed by atoms with van der Waals surface area (Å²) in [5.41, 5.74) is 9.67. The molecule has 0 amide bonds. The van der Waals surface area contributed by atoms with Crippen LogP contribution in [0, 0.1) is 0 Å². The van der Waals surface area contributed by atoms with Gasteiger partial charge in [-0.05, 0) is 74.5 Å². The molecule has 5 heteroatoms. The van der Waals surface area contributed by atoms with Crippen LogP contribution in [-0.2, 0) is 0 Å². The molecule has 13 rings (SSSR count). The van der Waals surface area contributed by atoms with E-state index < -0.39 is 0 Å². The molecule has 0 N–H and O–H groups in total. The minimum Gasteiger partial charge on any atom is -0.456 e. The van der Waals surface area contributed by atoms with Crippen LogP contribution < -0.4 is 0 Å². The van der Waals surface area contributed by atoms with Gasteiger partial charge in [-0.25, -0.2) is 15.0 Å². The third-order valence-corrected chi connectivity index (χ3v) is 12.4. The zero-order valence-electron chi connectivity index (χ0n) is 33.3. The number of rotatable bonds is 5. The summed E-state index contributed by atoms with van der Waals surface area (Å²) in [6.45, 7) is 0. The number of nitrogens with zero attached hydrogens (tertiary/aromatic N) is 4. The Bertz CT molecular complexity index is 3930. The predicted molar refractivity (Wildman–Crippen MR) is 256 cm³/mol. The van der Waals surface area contributed by atoms with Crippen molar-refractivity contribution < 1.29 is 4.42 Å². The molecule has 0 saturated carbocycles. The number of hydrogen-bond donors (Lipinski definition) is 0. The van der Waals surface area contributed by atoms with E-state index in [1.807, 2.05) is 18.2 Å². The van der Waals surface area contributed by atoms with Crippen molar-refractivity contribution in [3.63, 3.8) is 0 Å². The molecule has 3 heterocycles. The van der Waals surface area contributed by atoms with E-state index in [1.54, 1.807) is 0 Å². The van der Waals surface area contributed by atoms with E-state index in [0.29, 0.717) is 17.5 Å². The van der Waals surface area contributed by atoms with Crippen LogP contribution >= 0.6 is 0 Å². The number of para-hydroxylation sites is 1.